The van der Waals surface area contributed by atoms with E-state index in [2.05, 4.69) is 10.2 Å². The summed E-state index contributed by atoms with van der Waals surface area (Å²) < 4.78 is 12.1. The quantitative estimate of drug-likeness (QED) is 0.817. The van der Waals surface area contributed by atoms with Crippen molar-refractivity contribution < 1.29 is 9.31 Å². The lowest BCUT2D eigenvalue weighted by atomic mass is 9.76. The molecule has 1 aromatic carbocycles. The zero-order valence-electron chi connectivity index (χ0n) is 12.4. The number of rotatable bonds is 1. The van der Waals surface area contributed by atoms with E-state index in [-0.39, 0.29) is 5.56 Å². The van der Waals surface area contributed by atoms with Gasteiger partial charge in [-0.05, 0) is 39.2 Å². The van der Waals surface area contributed by atoms with Crippen LogP contribution in [0, 0.1) is 0 Å². The number of hydrogen-bond acceptors (Lipinski definition) is 4. The second-order valence-corrected chi connectivity index (χ2v) is 6.62. The van der Waals surface area contributed by atoms with Gasteiger partial charge < -0.3 is 9.31 Å². The number of aromatic amines is 1. The fourth-order valence-corrected chi connectivity index (χ4v) is 2.62. The van der Waals surface area contributed by atoms with Crippen molar-refractivity contribution in [1.29, 1.82) is 0 Å². The summed E-state index contributed by atoms with van der Waals surface area (Å²) in [4.78, 5) is 11.9. The SMILES string of the molecule is CC1(C)OB(c2ccc(Cl)c3c(=O)[nH]ncc23)OC1(C)C. The minimum absolute atomic E-state index is 0.323. The van der Waals surface area contributed by atoms with Gasteiger partial charge >= 0.3 is 7.12 Å². The normalized spacial score (nSPS) is 20.1. The van der Waals surface area contributed by atoms with Crippen LogP contribution in [0.3, 0.4) is 0 Å². The van der Waals surface area contributed by atoms with Crippen LogP contribution in [0.4, 0.5) is 0 Å². The molecule has 0 saturated carbocycles. The Morgan fingerprint density at radius 1 is 1.19 bits per heavy atom. The molecule has 2 aromatic rings. The summed E-state index contributed by atoms with van der Waals surface area (Å²) in [6.07, 6.45) is 1.57. The Bertz CT molecular complexity index is 756. The number of nitrogens with one attached hydrogen (secondary N) is 1. The molecule has 110 valence electrons. The molecule has 1 fully saturated rings. The van der Waals surface area contributed by atoms with Crippen molar-refractivity contribution in [3.8, 4) is 0 Å². The third-order valence-electron chi connectivity index (χ3n) is 4.32. The molecule has 7 heteroatoms. The third-order valence-corrected chi connectivity index (χ3v) is 4.64. The largest absolute Gasteiger partial charge is 0.495 e. The minimum Gasteiger partial charge on any atom is -0.399 e. The zero-order chi connectivity index (χ0) is 15.4. The van der Waals surface area contributed by atoms with E-state index >= 15 is 0 Å². The van der Waals surface area contributed by atoms with Crippen molar-refractivity contribution in [3.05, 3.63) is 33.7 Å². The summed E-state index contributed by atoms with van der Waals surface area (Å²) in [5.41, 5.74) is -0.459. The van der Waals surface area contributed by atoms with E-state index in [9.17, 15) is 4.79 Å². The van der Waals surface area contributed by atoms with Crippen LogP contribution in [-0.2, 0) is 9.31 Å². The molecule has 2 heterocycles. The summed E-state index contributed by atoms with van der Waals surface area (Å²) in [7, 11) is -0.557. The highest BCUT2D eigenvalue weighted by molar-refractivity contribution is 6.65. The molecule has 1 aromatic heterocycles. The van der Waals surface area contributed by atoms with Gasteiger partial charge in [0.05, 0.1) is 27.8 Å². The van der Waals surface area contributed by atoms with Crippen LogP contribution < -0.4 is 11.0 Å². The maximum atomic E-state index is 11.9. The van der Waals surface area contributed by atoms with E-state index < -0.39 is 18.3 Å². The van der Waals surface area contributed by atoms with Gasteiger partial charge in [-0.1, -0.05) is 17.7 Å². The Balaban J connectivity index is 2.18. The molecular formula is C14H16BClN2O3. The van der Waals surface area contributed by atoms with Crippen LogP contribution >= 0.6 is 11.6 Å². The van der Waals surface area contributed by atoms with Crippen molar-refractivity contribution in [2.45, 2.75) is 38.9 Å². The highest BCUT2D eigenvalue weighted by Gasteiger charge is 2.52. The van der Waals surface area contributed by atoms with Gasteiger partial charge in [-0.3, -0.25) is 4.79 Å². The second-order valence-electron chi connectivity index (χ2n) is 6.21. The first-order valence-corrected chi connectivity index (χ1v) is 7.12. The first kappa shape index (κ1) is 14.6. The first-order chi connectivity index (χ1) is 9.73. The fourth-order valence-electron chi connectivity index (χ4n) is 2.37. The minimum atomic E-state index is -0.557. The van der Waals surface area contributed by atoms with Crippen molar-refractivity contribution in [2.24, 2.45) is 0 Å². The molecule has 0 unspecified atom stereocenters. The second kappa shape index (κ2) is 4.56. The number of hydrogen-bond donors (Lipinski definition) is 1. The van der Waals surface area contributed by atoms with Crippen LogP contribution in [0.5, 0.6) is 0 Å². The molecule has 5 nitrogen and oxygen atoms in total. The smallest absolute Gasteiger partial charge is 0.399 e. The Hall–Kier alpha value is -1.37. The van der Waals surface area contributed by atoms with Crippen LogP contribution in [0.25, 0.3) is 10.8 Å². The standard InChI is InChI=1S/C14H16BClN2O3/c1-13(2)14(3,4)21-15(20-13)9-5-6-10(16)11-8(9)7-17-18-12(11)19/h5-7H,1-4H3,(H,18,19). The van der Waals surface area contributed by atoms with Gasteiger partial charge in [0.25, 0.3) is 5.56 Å². The van der Waals surface area contributed by atoms with E-state index in [0.29, 0.717) is 15.8 Å². The van der Waals surface area contributed by atoms with Crippen LogP contribution in [0.2, 0.25) is 5.02 Å². The van der Waals surface area contributed by atoms with Crippen molar-refractivity contribution in [1.82, 2.24) is 10.2 Å². The number of fused-ring (bicyclic) bond motifs is 1. The van der Waals surface area contributed by atoms with Crippen LogP contribution in [0.15, 0.2) is 23.1 Å². The molecule has 0 amide bonds. The number of aromatic nitrogens is 2. The molecule has 0 bridgehead atoms. The van der Waals surface area contributed by atoms with Gasteiger partial charge in [0, 0.05) is 5.39 Å². The predicted octanol–water partition coefficient (Wildman–Crippen LogP) is 1.88. The third kappa shape index (κ3) is 2.18. The fraction of sp³-hybridized carbons (Fsp3) is 0.429. The molecule has 0 spiro atoms. The maximum Gasteiger partial charge on any atom is 0.495 e. The summed E-state index contributed by atoms with van der Waals surface area (Å²) in [5.74, 6) is 0. The molecule has 1 N–H and O–H groups in total. The summed E-state index contributed by atoms with van der Waals surface area (Å²) in [6.45, 7) is 7.93. The highest BCUT2D eigenvalue weighted by Crippen LogP contribution is 2.37. The predicted molar refractivity (Wildman–Crippen MR) is 83.1 cm³/mol. The van der Waals surface area contributed by atoms with E-state index in [1.165, 1.54) is 0 Å². The molecule has 21 heavy (non-hydrogen) atoms. The topological polar surface area (TPSA) is 64.2 Å². The van der Waals surface area contributed by atoms with Gasteiger partial charge in [0.1, 0.15) is 0 Å². The molecule has 1 aliphatic rings. The Labute approximate surface area is 127 Å². The van der Waals surface area contributed by atoms with Crippen LogP contribution in [-0.4, -0.2) is 28.5 Å². The zero-order valence-corrected chi connectivity index (χ0v) is 13.1. The molecule has 0 aliphatic carbocycles. The highest BCUT2D eigenvalue weighted by atomic mass is 35.5. The number of nitrogens with zero attached hydrogens (tertiary/aromatic N) is 1. The van der Waals surface area contributed by atoms with Gasteiger partial charge in [0.2, 0.25) is 0 Å². The Kier molecular flexibility index (Phi) is 3.17. The van der Waals surface area contributed by atoms with Gasteiger partial charge in [-0.25, -0.2) is 5.10 Å². The molecular weight excluding hydrogens is 290 g/mol. The summed E-state index contributed by atoms with van der Waals surface area (Å²) >= 11 is 6.12. The molecule has 3 rings (SSSR count). The molecule has 0 radical (unpaired) electrons. The number of benzene rings is 1. The van der Waals surface area contributed by atoms with E-state index in [1.807, 2.05) is 33.8 Å². The van der Waals surface area contributed by atoms with Gasteiger partial charge in [0.15, 0.2) is 0 Å². The number of H-pyrrole nitrogens is 1. The van der Waals surface area contributed by atoms with Crippen molar-refractivity contribution in [3.63, 3.8) is 0 Å². The van der Waals surface area contributed by atoms with Gasteiger partial charge in [-0.15, -0.1) is 0 Å². The van der Waals surface area contributed by atoms with Crippen molar-refractivity contribution in [2.75, 3.05) is 0 Å². The summed E-state index contributed by atoms with van der Waals surface area (Å²) in [5, 5.41) is 7.67. The van der Waals surface area contributed by atoms with E-state index in [0.717, 1.165) is 5.46 Å². The Morgan fingerprint density at radius 3 is 2.43 bits per heavy atom. The average Bonchev–Trinajstić information content (AvgIpc) is 2.58. The van der Waals surface area contributed by atoms with E-state index in [1.54, 1.807) is 12.3 Å². The number of halogens is 1. The monoisotopic (exact) mass is 306 g/mol. The first-order valence-electron chi connectivity index (χ1n) is 6.74. The molecule has 0 atom stereocenters. The van der Waals surface area contributed by atoms with Gasteiger partial charge in [-0.2, -0.15) is 5.10 Å². The average molecular weight is 307 g/mol. The van der Waals surface area contributed by atoms with E-state index in [4.69, 9.17) is 20.9 Å². The van der Waals surface area contributed by atoms with Crippen molar-refractivity contribution >= 4 is 35.0 Å². The summed E-state index contributed by atoms with van der Waals surface area (Å²) in [6, 6.07) is 3.49. The Morgan fingerprint density at radius 2 is 1.81 bits per heavy atom. The lowest BCUT2D eigenvalue weighted by Gasteiger charge is -2.32. The van der Waals surface area contributed by atoms with Crippen LogP contribution in [0.1, 0.15) is 27.7 Å². The molecule has 1 aliphatic heterocycles. The lowest BCUT2D eigenvalue weighted by molar-refractivity contribution is 0.00578. The molecule has 1 saturated heterocycles. The maximum absolute atomic E-state index is 11.9. The lowest BCUT2D eigenvalue weighted by Crippen LogP contribution is -2.41.